The van der Waals surface area contributed by atoms with Gasteiger partial charge in [-0.3, -0.25) is 4.79 Å². The van der Waals surface area contributed by atoms with Gasteiger partial charge < -0.3 is 10.6 Å². The summed E-state index contributed by atoms with van der Waals surface area (Å²) in [5.74, 6) is 0.0371. The second-order valence-electron chi connectivity index (χ2n) is 4.40. The molecule has 1 aromatic carbocycles. The van der Waals surface area contributed by atoms with E-state index in [1.54, 1.807) is 0 Å². The van der Waals surface area contributed by atoms with Crippen molar-refractivity contribution in [2.75, 3.05) is 11.9 Å². The number of hydrogen-bond acceptors (Lipinski definition) is 2. The zero-order chi connectivity index (χ0) is 12.3. The minimum Gasteiger partial charge on any atom is -0.324 e. The molecule has 0 spiro atoms. The normalized spacial score (nSPS) is 20.0. The van der Waals surface area contributed by atoms with E-state index in [-0.39, 0.29) is 11.9 Å². The first-order valence-electron chi connectivity index (χ1n) is 5.98. The van der Waals surface area contributed by atoms with E-state index in [2.05, 4.69) is 10.6 Å². The molecular formula is C13H17ClN2O. The van der Waals surface area contributed by atoms with E-state index in [4.69, 9.17) is 11.6 Å². The van der Waals surface area contributed by atoms with Gasteiger partial charge in [0.15, 0.2) is 0 Å². The highest BCUT2D eigenvalue weighted by Crippen LogP contribution is 2.23. The molecule has 1 heterocycles. The lowest BCUT2D eigenvalue weighted by molar-refractivity contribution is -0.118. The summed E-state index contributed by atoms with van der Waals surface area (Å²) in [4.78, 5) is 12.0. The predicted octanol–water partition coefficient (Wildman–Crippen LogP) is 2.73. The molecule has 92 valence electrons. The van der Waals surface area contributed by atoms with Gasteiger partial charge in [0.1, 0.15) is 0 Å². The Morgan fingerprint density at radius 1 is 1.47 bits per heavy atom. The van der Waals surface area contributed by atoms with Crippen molar-refractivity contribution in [1.82, 2.24) is 5.32 Å². The Bertz CT molecular complexity index is 414. The molecule has 1 aliphatic rings. The highest BCUT2D eigenvalue weighted by molar-refractivity contribution is 6.31. The van der Waals surface area contributed by atoms with Gasteiger partial charge >= 0.3 is 0 Å². The third-order valence-corrected chi connectivity index (χ3v) is 3.56. The number of rotatable bonds is 2. The molecule has 0 aliphatic carbocycles. The maximum absolute atomic E-state index is 12.0. The molecular weight excluding hydrogens is 236 g/mol. The van der Waals surface area contributed by atoms with E-state index >= 15 is 0 Å². The molecule has 1 aliphatic heterocycles. The van der Waals surface area contributed by atoms with Gasteiger partial charge in [-0.25, -0.2) is 0 Å². The van der Waals surface area contributed by atoms with Crippen molar-refractivity contribution in [2.24, 2.45) is 0 Å². The average molecular weight is 253 g/mol. The second kappa shape index (κ2) is 5.52. The molecule has 4 heteroatoms. The van der Waals surface area contributed by atoms with Crippen LogP contribution in [-0.2, 0) is 4.79 Å². The molecule has 0 bridgehead atoms. The fourth-order valence-electron chi connectivity index (χ4n) is 2.04. The number of benzene rings is 1. The van der Waals surface area contributed by atoms with Crippen molar-refractivity contribution >= 4 is 23.2 Å². The topological polar surface area (TPSA) is 41.1 Å². The molecule has 0 aromatic heterocycles. The Kier molecular flexibility index (Phi) is 4.02. The Morgan fingerprint density at radius 2 is 2.29 bits per heavy atom. The summed E-state index contributed by atoms with van der Waals surface area (Å²) in [7, 11) is 0. The summed E-state index contributed by atoms with van der Waals surface area (Å²) < 4.78 is 0. The molecule has 1 saturated heterocycles. The number of amides is 1. The quantitative estimate of drug-likeness (QED) is 0.850. The number of carbonyl (C=O) groups is 1. The van der Waals surface area contributed by atoms with Gasteiger partial charge in [0.25, 0.3) is 0 Å². The van der Waals surface area contributed by atoms with Gasteiger partial charge in [-0.2, -0.15) is 0 Å². The lowest BCUT2D eigenvalue weighted by atomic mass is 10.0. The summed E-state index contributed by atoms with van der Waals surface area (Å²) >= 11 is 6.02. The van der Waals surface area contributed by atoms with Crippen molar-refractivity contribution in [3.8, 4) is 0 Å². The van der Waals surface area contributed by atoms with Crippen LogP contribution in [0.3, 0.4) is 0 Å². The van der Waals surface area contributed by atoms with Crippen LogP contribution in [0.1, 0.15) is 24.8 Å². The fourth-order valence-corrected chi connectivity index (χ4v) is 2.21. The van der Waals surface area contributed by atoms with Gasteiger partial charge in [-0.05, 0) is 44.0 Å². The van der Waals surface area contributed by atoms with Crippen molar-refractivity contribution < 1.29 is 4.79 Å². The lowest BCUT2D eigenvalue weighted by Crippen LogP contribution is -2.43. The average Bonchev–Trinajstić information content (AvgIpc) is 2.36. The third kappa shape index (κ3) is 2.99. The Balaban J connectivity index is 2.04. The summed E-state index contributed by atoms with van der Waals surface area (Å²) in [6.45, 7) is 2.83. The molecule has 1 amide bonds. The van der Waals surface area contributed by atoms with Crippen LogP contribution in [0, 0.1) is 6.92 Å². The molecule has 17 heavy (non-hydrogen) atoms. The van der Waals surface area contributed by atoms with Crippen LogP contribution in [0.4, 0.5) is 5.69 Å². The smallest absolute Gasteiger partial charge is 0.241 e. The second-order valence-corrected chi connectivity index (χ2v) is 4.81. The van der Waals surface area contributed by atoms with E-state index in [1.165, 1.54) is 0 Å². The zero-order valence-electron chi connectivity index (χ0n) is 9.92. The van der Waals surface area contributed by atoms with Crippen LogP contribution < -0.4 is 10.6 Å². The molecule has 1 atom stereocenters. The molecule has 0 unspecified atom stereocenters. The number of anilines is 1. The van der Waals surface area contributed by atoms with E-state index in [0.717, 1.165) is 37.1 Å². The zero-order valence-corrected chi connectivity index (χ0v) is 10.7. The number of nitrogens with one attached hydrogen (secondary N) is 2. The lowest BCUT2D eigenvalue weighted by Gasteiger charge is -2.23. The van der Waals surface area contributed by atoms with Crippen molar-refractivity contribution in [3.05, 3.63) is 28.8 Å². The van der Waals surface area contributed by atoms with E-state index in [1.807, 2.05) is 25.1 Å². The largest absolute Gasteiger partial charge is 0.324 e. The Hall–Kier alpha value is -1.06. The van der Waals surface area contributed by atoms with Crippen LogP contribution >= 0.6 is 11.6 Å². The number of piperidine rings is 1. The molecule has 2 N–H and O–H groups in total. The number of halogens is 1. The first-order chi connectivity index (χ1) is 8.18. The van der Waals surface area contributed by atoms with Crippen LogP contribution in [0.5, 0.6) is 0 Å². The maximum Gasteiger partial charge on any atom is 0.241 e. The summed E-state index contributed by atoms with van der Waals surface area (Å²) in [6, 6.07) is 5.48. The molecule has 0 saturated carbocycles. The molecule has 0 radical (unpaired) electrons. The maximum atomic E-state index is 12.0. The third-order valence-electron chi connectivity index (χ3n) is 3.15. The van der Waals surface area contributed by atoms with Gasteiger partial charge in [0.2, 0.25) is 5.91 Å². The van der Waals surface area contributed by atoms with Gasteiger partial charge in [-0.15, -0.1) is 0 Å². The Labute approximate surface area is 107 Å². The summed E-state index contributed by atoms with van der Waals surface area (Å²) in [6.07, 6.45) is 3.17. The van der Waals surface area contributed by atoms with Crippen molar-refractivity contribution in [3.63, 3.8) is 0 Å². The van der Waals surface area contributed by atoms with Gasteiger partial charge in [0.05, 0.1) is 6.04 Å². The van der Waals surface area contributed by atoms with E-state index < -0.39 is 0 Å². The SMILES string of the molecule is Cc1c(Cl)cccc1NC(=O)[C@@H]1CCCCN1. The fraction of sp³-hybridized carbons (Fsp3) is 0.462. The summed E-state index contributed by atoms with van der Waals surface area (Å²) in [5, 5.41) is 6.84. The number of hydrogen-bond donors (Lipinski definition) is 2. The van der Waals surface area contributed by atoms with Gasteiger partial charge in [-0.1, -0.05) is 24.1 Å². The molecule has 1 aromatic rings. The molecule has 3 nitrogen and oxygen atoms in total. The van der Waals surface area contributed by atoms with Crippen LogP contribution in [0.2, 0.25) is 5.02 Å². The van der Waals surface area contributed by atoms with Gasteiger partial charge in [0, 0.05) is 10.7 Å². The Morgan fingerprint density at radius 3 is 3.00 bits per heavy atom. The van der Waals surface area contributed by atoms with Crippen LogP contribution in [-0.4, -0.2) is 18.5 Å². The molecule has 2 rings (SSSR count). The van der Waals surface area contributed by atoms with E-state index in [9.17, 15) is 4.79 Å². The van der Waals surface area contributed by atoms with Crippen LogP contribution in [0.15, 0.2) is 18.2 Å². The predicted molar refractivity (Wildman–Crippen MR) is 70.5 cm³/mol. The van der Waals surface area contributed by atoms with E-state index in [0.29, 0.717) is 5.02 Å². The summed E-state index contributed by atoms with van der Waals surface area (Å²) in [5.41, 5.74) is 1.72. The minimum atomic E-state index is -0.0675. The first-order valence-corrected chi connectivity index (χ1v) is 6.35. The van der Waals surface area contributed by atoms with Crippen molar-refractivity contribution in [2.45, 2.75) is 32.2 Å². The number of carbonyl (C=O) groups excluding carboxylic acids is 1. The monoisotopic (exact) mass is 252 g/mol. The highest BCUT2D eigenvalue weighted by Gasteiger charge is 2.20. The van der Waals surface area contributed by atoms with Crippen molar-refractivity contribution in [1.29, 1.82) is 0 Å². The molecule has 1 fully saturated rings. The van der Waals surface area contributed by atoms with Crippen LogP contribution in [0.25, 0.3) is 0 Å². The standard InChI is InChI=1S/C13H17ClN2O/c1-9-10(14)5-4-7-11(9)16-13(17)12-6-2-3-8-15-12/h4-5,7,12,15H,2-3,6,8H2,1H3,(H,16,17)/t12-/m0/s1. The minimum absolute atomic E-state index is 0.0371. The highest BCUT2D eigenvalue weighted by atomic mass is 35.5. The first kappa shape index (κ1) is 12.4.